The van der Waals surface area contributed by atoms with Gasteiger partial charge in [0.05, 0.1) is 31.0 Å². The van der Waals surface area contributed by atoms with E-state index in [-0.39, 0.29) is 17.8 Å². The molecule has 0 spiro atoms. The predicted octanol–water partition coefficient (Wildman–Crippen LogP) is 1.18. The summed E-state index contributed by atoms with van der Waals surface area (Å²) in [5, 5.41) is 3.29. The van der Waals surface area contributed by atoms with E-state index >= 15 is 0 Å². The van der Waals surface area contributed by atoms with Crippen LogP contribution < -0.4 is 11.1 Å². The van der Waals surface area contributed by atoms with Gasteiger partial charge in [0.15, 0.2) is 11.5 Å². The first-order valence-electron chi connectivity index (χ1n) is 6.44. The van der Waals surface area contributed by atoms with Gasteiger partial charge in [0.1, 0.15) is 0 Å². The van der Waals surface area contributed by atoms with Gasteiger partial charge in [-0.2, -0.15) is 0 Å². The van der Waals surface area contributed by atoms with Crippen LogP contribution in [0.3, 0.4) is 0 Å². The zero-order valence-corrected chi connectivity index (χ0v) is 10.8. The first kappa shape index (κ1) is 12.2. The van der Waals surface area contributed by atoms with Crippen LogP contribution in [0.15, 0.2) is 12.1 Å². The number of nitrogens with two attached hydrogens (primary N) is 1. The number of ether oxygens (including phenoxy) is 2. The number of pyridine rings is 1. The highest BCUT2D eigenvalue weighted by molar-refractivity contribution is 5.88. The molecule has 3 atom stereocenters. The summed E-state index contributed by atoms with van der Waals surface area (Å²) in [4.78, 5) is 15.7. The molecule has 1 aromatic heterocycles. The highest BCUT2D eigenvalue weighted by atomic mass is 16.5. The molecule has 3 unspecified atom stereocenters. The number of fused-ring (bicyclic) bond motifs is 2. The summed E-state index contributed by atoms with van der Waals surface area (Å²) >= 11 is 0. The molecule has 0 saturated carbocycles. The maximum Gasteiger partial charge on any atom is 0.356 e. The van der Waals surface area contributed by atoms with Crippen LogP contribution in [0, 0.1) is 0 Å². The van der Waals surface area contributed by atoms with Crippen molar-refractivity contribution in [3.05, 3.63) is 17.8 Å². The molecule has 1 aromatic rings. The number of esters is 1. The molecule has 2 saturated heterocycles. The number of anilines is 2. The van der Waals surface area contributed by atoms with Gasteiger partial charge < -0.3 is 20.5 Å². The fourth-order valence-electron chi connectivity index (χ4n) is 2.77. The zero-order chi connectivity index (χ0) is 13.4. The first-order valence-corrected chi connectivity index (χ1v) is 6.44. The number of aromatic nitrogens is 1. The van der Waals surface area contributed by atoms with Gasteiger partial charge in [-0.25, -0.2) is 9.78 Å². The Hall–Kier alpha value is -1.82. The van der Waals surface area contributed by atoms with Gasteiger partial charge in [0.25, 0.3) is 0 Å². The summed E-state index contributed by atoms with van der Waals surface area (Å²) in [5.41, 5.74) is 6.67. The van der Waals surface area contributed by atoms with E-state index in [9.17, 15) is 4.79 Å². The average molecular weight is 263 g/mol. The molecule has 2 aliphatic rings. The van der Waals surface area contributed by atoms with E-state index in [0.717, 1.165) is 19.3 Å². The lowest BCUT2D eigenvalue weighted by Crippen LogP contribution is -2.31. The van der Waals surface area contributed by atoms with Crippen LogP contribution in [0.25, 0.3) is 0 Å². The number of nitrogen functional groups attached to an aromatic ring is 1. The SMILES string of the molecule is COC(=O)c1ccc(N)c(NC2CC3CCC2O3)n1. The first-order chi connectivity index (χ1) is 9.17. The Morgan fingerprint density at radius 2 is 2.37 bits per heavy atom. The molecule has 0 radical (unpaired) electrons. The largest absolute Gasteiger partial charge is 0.464 e. The van der Waals surface area contributed by atoms with Crippen molar-refractivity contribution in [1.82, 2.24) is 4.98 Å². The van der Waals surface area contributed by atoms with E-state index in [4.69, 9.17) is 10.5 Å². The third-order valence-corrected chi connectivity index (χ3v) is 3.75. The van der Waals surface area contributed by atoms with E-state index in [0.29, 0.717) is 17.6 Å². The van der Waals surface area contributed by atoms with Crippen molar-refractivity contribution < 1.29 is 14.3 Å². The minimum atomic E-state index is -0.466. The maximum absolute atomic E-state index is 11.5. The molecule has 6 heteroatoms. The van der Waals surface area contributed by atoms with Crippen molar-refractivity contribution in [3.63, 3.8) is 0 Å². The quantitative estimate of drug-likeness (QED) is 0.796. The lowest BCUT2D eigenvalue weighted by Gasteiger charge is -2.21. The summed E-state index contributed by atoms with van der Waals surface area (Å²) in [7, 11) is 1.33. The van der Waals surface area contributed by atoms with Crippen LogP contribution in [0.4, 0.5) is 11.5 Å². The Balaban J connectivity index is 1.78. The zero-order valence-electron chi connectivity index (χ0n) is 10.8. The maximum atomic E-state index is 11.5. The van der Waals surface area contributed by atoms with Crippen molar-refractivity contribution in [2.24, 2.45) is 0 Å². The summed E-state index contributed by atoms with van der Waals surface area (Å²) < 4.78 is 10.4. The molecule has 2 bridgehead atoms. The molecular formula is C13H17N3O3. The molecule has 19 heavy (non-hydrogen) atoms. The smallest absolute Gasteiger partial charge is 0.356 e. The van der Waals surface area contributed by atoms with Gasteiger partial charge in [-0.15, -0.1) is 0 Å². The number of carbonyl (C=O) groups excluding carboxylic acids is 1. The standard InChI is InChI=1S/C13H17N3O3/c1-18-13(17)9-4-3-8(14)12(15-9)16-10-6-7-2-5-11(10)19-7/h3-4,7,10-11H,2,5-6,14H2,1H3,(H,15,16). The number of carbonyl (C=O) groups is 1. The Labute approximate surface area is 111 Å². The Bertz CT molecular complexity index is 506. The van der Waals surface area contributed by atoms with Gasteiger partial charge in [0, 0.05) is 0 Å². The van der Waals surface area contributed by atoms with Crippen molar-refractivity contribution in [2.45, 2.75) is 37.5 Å². The molecule has 3 heterocycles. The topological polar surface area (TPSA) is 86.5 Å². The molecule has 2 aliphatic heterocycles. The summed E-state index contributed by atoms with van der Waals surface area (Å²) in [6.45, 7) is 0. The predicted molar refractivity (Wildman–Crippen MR) is 69.9 cm³/mol. The van der Waals surface area contributed by atoms with Crippen molar-refractivity contribution in [2.75, 3.05) is 18.2 Å². The van der Waals surface area contributed by atoms with E-state index in [1.807, 2.05) is 0 Å². The number of methoxy groups -OCH3 is 1. The van der Waals surface area contributed by atoms with Gasteiger partial charge in [-0.3, -0.25) is 0 Å². The highest BCUT2D eigenvalue weighted by Gasteiger charge is 2.41. The van der Waals surface area contributed by atoms with Gasteiger partial charge >= 0.3 is 5.97 Å². The summed E-state index contributed by atoms with van der Waals surface area (Å²) in [5.74, 6) is 0.0660. The molecule has 3 rings (SSSR count). The van der Waals surface area contributed by atoms with E-state index < -0.39 is 5.97 Å². The minimum Gasteiger partial charge on any atom is -0.464 e. The second kappa shape index (κ2) is 4.70. The van der Waals surface area contributed by atoms with E-state index in [1.165, 1.54) is 7.11 Å². The monoisotopic (exact) mass is 263 g/mol. The Morgan fingerprint density at radius 3 is 3.00 bits per heavy atom. The fraction of sp³-hybridized carbons (Fsp3) is 0.538. The Kier molecular flexibility index (Phi) is 3.02. The summed E-state index contributed by atoms with van der Waals surface area (Å²) in [6.07, 6.45) is 3.75. The van der Waals surface area contributed by atoms with Crippen molar-refractivity contribution in [1.29, 1.82) is 0 Å². The lowest BCUT2D eigenvalue weighted by atomic mass is 9.95. The third kappa shape index (κ3) is 2.23. The summed E-state index contributed by atoms with van der Waals surface area (Å²) in [6, 6.07) is 3.45. The van der Waals surface area contributed by atoms with Crippen LogP contribution in [0.1, 0.15) is 29.8 Å². The van der Waals surface area contributed by atoms with Crippen LogP contribution in [-0.2, 0) is 9.47 Å². The van der Waals surface area contributed by atoms with Crippen LogP contribution in [0.2, 0.25) is 0 Å². The normalized spacial score (nSPS) is 28.4. The molecule has 102 valence electrons. The fourth-order valence-corrected chi connectivity index (χ4v) is 2.77. The molecule has 0 amide bonds. The molecule has 0 aliphatic carbocycles. The van der Waals surface area contributed by atoms with Gasteiger partial charge in [0.2, 0.25) is 0 Å². The molecule has 0 aromatic carbocycles. The number of nitrogens with one attached hydrogen (secondary N) is 1. The van der Waals surface area contributed by atoms with Crippen molar-refractivity contribution >= 4 is 17.5 Å². The van der Waals surface area contributed by atoms with Crippen LogP contribution in [-0.4, -0.2) is 36.3 Å². The van der Waals surface area contributed by atoms with Crippen LogP contribution in [0.5, 0.6) is 0 Å². The minimum absolute atomic E-state index is 0.224. The highest BCUT2D eigenvalue weighted by Crippen LogP contribution is 2.36. The molecular weight excluding hydrogens is 246 g/mol. The number of rotatable bonds is 3. The molecule has 2 fully saturated rings. The van der Waals surface area contributed by atoms with E-state index in [2.05, 4.69) is 15.0 Å². The number of nitrogens with zero attached hydrogens (tertiary/aromatic N) is 1. The van der Waals surface area contributed by atoms with E-state index in [1.54, 1.807) is 12.1 Å². The number of hydrogen-bond acceptors (Lipinski definition) is 6. The second-order valence-electron chi connectivity index (χ2n) is 4.99. The second-order valence-corrected chi connectivity index (χ2v) is 4.99. The average Bonchev–Trinajstić information content (AvgIpc) is 3.02. The third-order valence-electron chi connectivity index (χ3n) is 3.75. The Morgan fingerprint density at radius 1 is 1.53 bits per heavy atom. The van der Waals surface area contributed by atoms with Crippen molar-refractivity contribution in [3.8, 4) is 0 Å². The molecule has 3 N–H and O–H groups in total. The van der Waals surface area contributed by atoms with Crippen LogP contribution >= 0.6 is 0 Å². The lowest BCUT2D eigenvalue weighted by molar-refractivity contribution is 0.0594. The van der Waals surface area contributed by atoms with Gasteiger partial charge in [-0.1, -0.05) is 0 Å². The number of hydrogen-bond donors (Lipinski definition) is 2. The van der Waals surface area contributed by atoms with Gasteiger partial charge in [-0.05, 0) is 31.4 Å². The molecule has 6 nitrogen and oxygen atoms in total.